The van der Waals surface area contributed by atoms with Gasteiger partial charge in [0.15, 0.2) is 11.0 Å². The standard InChI is InChI=1S/C16H15F4N5O2S/c1-2-7-25-13(10-5-3-4-6-11(10)17)23-24-15(25)28-8-12(26)22-14(27)21-9-16(18,19)20/h2-6H,1,7-9H2,(H2,21,22,26,27). The van der Waals surface area contributed by atoms with Crippen LogP contribution in [-0.2, 0) is 11.3 Å². The van der Waals surface area contributed by atoms with Crippen LogP contribution >= 0.6 is 11.8 Å². The average molecular weight is 417 g/mol. The summed E-state index contributed by atoms with van der Waals surface area (Å²) in [6.45, 7) is 2.28. The Balaban J connectivity index is 2.02. The fourth-order valence-electron chi connectivity index (χ4n) is 2.05. The largest absolute Gasteiger partial charge is 0.405 e. The molecule has 0 aliphatic rings. The number of alkyl halides is 3. The Morgan fingerprint density at radius 1 is 1.25 bits per heavy atom. The second-order valence-electron chi connectivity index (χ2n) is 5.32. The van der Waals surface area contributed by atoms with E-state index in [1.165, 1.54) is 34.2 Å². The van der Waals surface area contributed by atoms with Crippen molar-refractivity contribution in [3.05, 3.63) is 42.7 Å². The molecule has 2 aromatic rings. The SMILES string of the molecule is C=CCn1c(SCC(=O)NC(=O)NCC(F)(F)F)nnc1-c1ccccc1F. The summed E-state index contributed by atoms with van der Waals surface area (Å²) in [5.41, 5.74) is 0.208. The number of carbonyl (C=O) groups is 2. The van der Waals surface area contributed by atoms with Crippen molar-refractivity contribution in [1.29, 1.82) is 0 Å². The van der Waals surface area contributed by atoms with Crippen molar-refractivity contribution in [1.82, 2.24) is 25.4 Å². The maximum Gasteiger partial charge on any atom is 0.405 e. The zero-order chi connectivity index (χ0) is 20.7. The van der Waals surface area contributed by atoms with Gasteiger partial charge in [-0.3, -0.25) is 14.7 Å². The molecule has 0 aliphatic carbocycles. The monoisotopic (exact) mass is 417 g/mol. The molecule has 2 N–H and O–H groups in total. The van der Waals surface area contributed by atoms with Gasteiger partial charge in [0, 0.05) is 6.54 Å². The lowest BCUT2D eigenvalue weighted by atomic mass is 10.2. The van der Waals surface area contributed by atoms with E-state index in [1.54, 1.807) is 11.4 Å². The van der Waals surface area contributed by atoms with Gasteiger partial charge in [-0.25, -0.2) is 9.18 Å². The van der Waals surface area contributed by atoms with Crippen LogP contribution in [0.25, 0.3) is 11.4 Å². The second-order valence-corrected chi connectivity index (χ2v) is 6.26. The van der Waals surface area contributed by atoms with Gasteiger partial charge in [-0.2, -0.15) is 13.2 Å². The van der Waals surface area contributed by atoms with Crippen LogP contribution in [0.1, 0.15) is 0 Å². The highest BCUT2D eigenvalue weighted by Gasteiger charge is 2.28. The number of nitrogens with zero attached hydrogens (tertiary/aromatic N) is 3. The van der Waals surface area contributed by atoms with Gasteiger partial charge in [0.2, 0.25) is 5.91 Å². The van der Waals surface area contributed by atoms with Gasteiger partial charge >= 0.3 is 12.2 Å². The number of aromatic nitrogens is 3. The first kappa shape index (κ1) is 21.4. The first-order valence-corrected chi connectivity index (χ1v) is 8.76. The molecule has 0 bridgehead atoms. The maximum atomic E-state index is 14.0. The lowest BCUT2D eigenvalue weighted by Crippen LogP contribution is -2.43. The number of urea groups is 1. The fraction of sp³-hybridized carbons (Fsp3) is 0.250. The molecule has 0 aliphatic heterocycles. The third-order valence-electron chi connectivity index (χ3n) is 3.18. The van der Waals surface area contributed by atoms with Crippen LogP contribution in [0.15, 0.2) is 42.1 Å². The molecule has 0 saturated heterocycles. The van der Waals surface area contributed by atoms with Gasteiger partial charge in [0.25, 0.3) is 0 Å². The molecule has 7 nitrogen and oxygen atoms in total. The predicted octanol–water partition coefficient (Wildman–Crippen LogP) is 2.75. The summed E-state index contributed by atoms with van der Waals surface area (Å²) in [5.74, 6) is -1.42. The topological polar surface area (TPSA) is 88.9 Å². The maximum absolute atomic E-state index is 14.0. The molecule has 0 radical (unpaired) electrons. The van der Waals surface area contributed by atoms with E-state index in [4.69, 9.17) is 0 Å². The number of allylic oxidation sites excluding steroid dienone is 1. The van der Waals surface area contributed by atoms with E-state index < -0.39 is 30.5 Å². The normalized spacial score (nSPS) is 11.1. The summed E-state index contributed by atoms with van der Waals surface area (Å²) >= 11 is 0.887. The molecule has 0 fully saturated rings. The Hall–Kier alpha value is -2.89. The third-order valence-corrected chi connectivity index (χ3v) is 4.14. The quantitative estimate of drug-likeness (QED) is 0.411. The van der Waals surface area contributed by atoms with Crippen LogP contribution in [0.5, 0.6) is 0 Å². The molecule has 0 atom stereocenters. The lowest BCUT2D eigenvalue weighted by molar-refractivity contribution is -0.124. The number of rotatable bonds is 7. The molecule has 0 unspecified atom stereocenters. The molecule has 12 heteroatoms. The lowest BCUT2D eigenvalue weighted by Gasteiger charge is -2.09. The smallest absolute Gasteiger partial charge is 0.329 e. The van der Waals surface area contributed by atoms with Crippen LogP contribution in [0.2, 0.25) is 0 Å². The third kappa shape index (κ3) is 6.08. The first-order valence-electron chi connectivity index (χ1n) is 7.77. The van der Waals surface area contributed by atoms with Crippen molar-refractivity contribution in [2.75, 3.05) is 12.3 Å². The number of thioether (sulfide) groups is 1. The van der Waals surface area contributed by atoms with Crippen LogP contribution in [-0.4, -0.2) is 45.2 Å². The van der Waals surface area contributed by atoms with Gasteiger partial charge in [-0.05, 0) is 12.1 Å². The van der Waals surface area contributed by atoms with Crippen molar-refractivity contribution >= 4 is 23.7 Å². The van der Waals surface area contributed by atoms with Gasteiger partial charge in [-0.1, -0.05) is 30.0 Å². The van der Waals surface area contributed by atoms with Gasteiger partial charge in [0.1, 0.15) is 12.4 Å². The summed E-state index contributed by atoms with van der Waals surface area (Å²) in [6, 6.07) is 4.68. The summed E-state index contributed by atoms with van der Waals surface area (Å²) in [7, 11) is 0. The molecular formula is C16H15F4N5O2S. The predicted molar refractivity (Wildman–Crippen MR) is 93.9 cm³/mol. The van der Waals surface area contributed by atoms with Gasteiger partial charge < -0.3 is 5.32 Å². The molecule has 3 amide bonds. The zero-order valence-electron chi connectivity index (χ0n) is 14.3. The highest BCUT2D eigenvalue weighted by Crippen LogP contribution is 2.25. The molecular weight excluding hydrogens is 402 g/mol. The number of benzene rings is 1. The van der Waals surface area contributed by atoms with Crippen molar-refractivity contribution in [2.45, 2.75) is 17.9 Å². The molecule has 28 heavy (non-hydrogen) atoms. The number of halogens is 4. The highest BCUT2D eigenvalue weighted by molar-refractivity contribution is 7.99. The summed E-state index contributed by atoms with van der Waals surface area (Å²) in [5, 5.41) is 11.4. The minimum Gasteiger partial charge on any atom is -0.329 e. The van der Waals surface area contributed by atoms with E-state index >= 15 is 0 Å². The van der Waals surface area contributed by atoms with E-state index in [2.05, 4.69) is 16.8 Å². The van der Waals surface area contributed by atoms with E-state index in [0.717, 1.165) is 11.8 Å². The summed E-state index contributed by atoms with van der Waals surface area (Å²) in [4.78, 5) is 23.0. The van der Waals surface area contributed by atoms with Crippen molar-refractivity contribution in [3.63, 3.8) is 0 Å². The minimum atomic E-state index is -4.58. The Labute approximate surface area is 161 Å². The molecule has 0 spiro atoms. The summed E-state index contributed by atoms with van der Waals surface area (Å²) in [6.07, 6.45) is -3.05. The molecule has 0 saturated carbocycles. The van der Waals surface area contributed by atoms with Gasteiger partial charge in [-0.15, -0.1) is 16.8 Å². The number of amides is 3. The van der Waals surface area contributed by atoms with E-state index in [9.17, 15) is 27.2 Å². The van der Waals surface area contributed by atoms with Crippen LogP contribution in [0.3, 0.4) is 0 Å². The summed E-state index contributed by atoms with van der Waals surface area (Å²) < 4.78 is 51.6. The zero-order valence-corrected chi connectivity index (χ0v) is 15.1. The van der Waals surface area contributed by atoms with Crippen LogP contribution in [0, 0.1) is 5.82 Å². The number of hydrogen-bond acceptors (Lipinski definition) is 5. The molecule has 150 valence electrons. The van der Waals surface area contributed by atoms with E-state index in [1.807, 2.05) is 0 Å². The Bertz CT molecular complexity index is 869. The molecule has 1 aromatic heterocycles. The average Bonchev–Trinajstić information content (AvgIpc) is 3.01. The number of hydrogen-bond donors (Lipinski definition) is 2. The second kappa shape index (κ2) is 9.35. The van der Waals surface area contributed by atoms with E-state index in [0.29, 0.717) is 0 Å². The Morgan fingerprint density at radius 2 is 1.96 bits per heavy atom. The van der Waals surface area contributed by atoms with E-state index in [-0.39, 0.29) is 28.8 Å². The van der Waals surface area contributed by atoms with Crippen molar-refractivity contribution < 1.29 is 27.2 Å². The number of nitrogens with one attached hydrogen (secondary N) is 2. The van der Waals surface area contributed by atoms with Crippen LogP contribution in [0.4, 0.5) is 22.4 Å². The molecule has 1 aromatic carbocycles. The van der Waals surface area contributed by atoms with Gasteiger partial charge in [0.05, 0.1) is 11.3 Å². The fourth-order valence-corrected chi connectivity index (χ4v) is 2.80. The number of imide groups is 1. The minimum absolute atomic E-state index is 0.208. The van der Waals surface area contributed by atoms with Crippen LogP contribution < -0.4 is 10.6 Å². The molecule has 2 rings (SSSR count). The molecule has 1 heterocycles. The van der Waals surface area contributed by atoms with Crippen molar-refractivity contribution in [2.24, 2.45) is 0 Å². The highest BCUT2D eigenvalue weighted by atomic mass is 32.2. The van der Waals surface area contributed by atoms with Crippen molar-refractivity contribution in [3.8, 4) is 11.4 Å². The Morgan fingerprint density at radius 3 is 2.61 bits per heavy atom. The first-order chi connectivity index (χ1) is 13.2. The Kier molecular flexibility index (Phi) is 7.15. The number of carbonyl (C=O) groups excluding carboxylic acids is 2.